The van der Waals surface area contributed by atoms with Gasteiger partial charge in [0.25, 0.3) is 0 Å². The van der Waals surface area contributed by atoms with Gasteiger partial charge < -0.3 is 0 Å². The van der Waals surface area contributed by atoms with Crippen LogP contribution in [0.3, 0.4) is 0 Å². The number of rotatable bonds is 2. The van der Waals surface area contributed by atoms with Gasteiger partial charge in [0.15, 0.2) is 27.8 Å². The van der Waals surface area contributed by atoms with Crippen LogP contribution in [-0.2, 0) is 9.84 Å². The van der Waals surface area contributed by atoms with Gasteiger partial charge in [0.05, 0.1) is 5.56 Å². The Hall–Kier alpha value is -1.37. The van der Waals surface area contributed by atoms with E-state index < -0.39 is 37.7 Å². The van der Waals surface area contributed by atoms with Crippen molar-refractivity contribution < 1.29 is 26.4 Å². The maximum Gasteiger partial charge on any atom is 0.181 e. The lowest BCUT2D eigenvalue weighted by atomic mass is 10.2. The van der Waals surface area contributed by atoms with E-state index in [2.05, 4.69) is 0 Å². The molecule has 0 saturated heterocycles. The summed E-state index contributed by atoms with van der Waals surface area (Å²) in [7, 11) is -4.22. The highest BCUT2D eigenvalue weighted by atomic mass is 32.2. The van der Waals surface area contributed by atoms with Crippen LogP contribution >= 0.6 is 0 Å². The molecule has 3 nitrogen and oxygen atoms in total. The van der Waals surface area contributed by atoms with Crippen molar-refractivity contribution in [2.75, 3.05) is 6.26 Å². The lowest BCUT2D eigenvalue weighted by Crippen LogP contribution is -2.08. The largest absolute Gasteiger partial charge is 0.298 e. The van der Waals surface area contributed by atoms with Crippen molar-refractivity contribution in [3.8, 4) is 0 Å². The summed E-state index contributed by atoms with van der Waals surface area (Å²) < 4.78 is 60.8. The summed E-state index contributed by atoms with van der Waals surface area (Å²) in [6.07, 6.45) is 0.433. The second-order valence-corrected chi connectivity index (χ2v) is 4.75. The summed E-state index contributed by atoms with van der Waals surface area (Å²) in [5, 5.41) is 0. The number of carbonyl (C=O) groups is 1. The quantitative estimate of drug-likeness (QED) is 0.576. The van der Waals surface area contributed by atoms with Gasteiger partial charge >= 0.3 is 0 Å². The topological polar surface area (TPSA) is 51.2 Å². The predicted molar refractivity (Wildman–Crippen MR) is 44.8 cm³/mol. The van der Waals surface area contributed by atoms with Crippen molar-refractivity contribution in [1.82, 2.24) is 0 Å². The normalized spacial score (nSPS) is 11.5. The molecule has 0 radical (unpaired) electrons. The number of aldehydes is 1. The van der Waals surface area contributed by atoms with Crippen molar-refractivity contribution in [2.45, 2.75) is 4.90 Å². The first-order valence-corrected chi connectivity index (χ1v) is 5.51. The Morgan fingerprint density at radius 1 is 1.20 bits per heavy atom. The lowest BCUT2D eigenvalue weighted by molar-refractivity contribution is 0.111. The van der Waals surface area contributed by atoms with Crippen LogP contribution in [0.25, 0.3) is 0 Å². The lowest BCUT2D eigenvalue weighted by Gasteiger charge is -2.04. The summed E-state index contributed by atoms with van der Waals surface area (Å²) in [4.78, 5) is 8.80. The van der Waals surface area contributed by atoms with Crippen LogP contribution in [0.15, 0.2) is 11.0 Å². The van der Waals surface area contributed by atoms with Crippen molar-refractivity contribution >= 4 is 16.1 Å². The van der Waals surface area contributed by atoms with E-state index in [1.54, 1.807) is 0 Å². The SMILES string of the molecule is CS(=O)(=O)c1c(F)cc(C=O)c(F)c1F. The van der Waals surface area contributed by atoms with Crippen LogP contribution in [0, 0.1) is 17.5 Å². The molecule has 0 aliphatic carbocycles. The monoisotopic (exact) mass is 238 g/mol. The number of sulfone groups is 1. The Balaban J connectivity index is 3.72. The molecule has 0 unspecified atom stereocenters. The number of hydrogen-bond donors (Lipinski definition) is 0. The maximum absolute atomic E-state index is 13.1. The maximum atomic E-state index is 13.1. The molecule has 7 heteroatoms. The second-order valence-electron chi connectivity index (χ2n) is 2.79. The van der Waals surface area contributed by atoms with Gasteiger partial charge in [-0.25, -0.2) is 21.6 Å². The van der Waals surface area contributed by atoms with Crippen LogP contribution in [0.2, 0.25) is 0 Å². The Bertz CT molecular complexity index is 522. The molecule has 1 aromatic rings. The van der Waals surface area contributed by atoms with Gasteiger partial charge in [-0.05, 0) is 6.07 Å². The van der Waals surface area contributed by atoms with Gasteiger partial charge in [-0.2, -0.15) is 0 Å². The Morgan fingerprint density at radius 2 is 1.73 bits per heavy atom. The first-order chi connectivity index (χ1) is 6.79. The van der Waals surface area contributed by atoms with Crippen LogP contribution in [0.1, 0.15) is 10.4 Å². The molecule has 0 heterocycles. The highest BCUT2D eigenvalue weighted by molar-refractivity contribution is 7.90. The molecule has 0 spiro atoms. The fourth-order valence-corrected chi connectivity index (χ4v) is 1.85. The highest BCUT2D eigenvalue weighted by Crippen LogP contribution is 2.23. The first kappa shape index (κ1) is 11.7. The zero-order valence-electron chi connectivity index (χ0n) is 7.42. The molecule has 82 valence electrons. The average Bonchev–Trinajstić information content (AvgIpc) is 2.09. The van der Waals surface area contributed by atoms with Gasteiger partial charge in [0.2, 0.25) is 0 Å². The minimum Gasteiger partial charge on any atom is -0.298 e. The molecule has 0 fully saturated rings. The summed E-state index contributed by atoms with van der Waals surface area (Å²) >= 11 is 0. The Labute approximate surface area is 83.4 Å². The van der Waals surface area contributed by atoms with Crippen molar-refractivity contribution in [3.05, 3.63) is 29.1 Å². The van der Waals surface area contributed by atoms with Crippen LogP contribution in [-0.4, -0.2) is 21.0 Å². The third-order valence-electron chi connectivity index (χ3n) is 1.64. The summed E-state index contributed by atoms with van der Waals surface area (Å²) in [6.45, 7) is 0. The fourth-order valence-electron chi connectivity index (χ4n) is 1.02. The van der Waals surface area contributed by atoms with E-state index in [0.29, 0.717) is 12.3 Å². The molecule has 15 heavy (non-hydrogen) atoms. The number of benzene rings is 1. The number of hydrogen-bond acceptors (Lipinski definition) is 3. The molecule has 0 aliphatic heterocycles. The van der Waals surface area contributed by atoms with Gasteiger partial charge in [-0.15, -0.1) is 0 Å². The van der Waals surface area contributed by atoms with Crippen LogP contribution < -0.4 is 0 Å². The minimum atomic E-state index is -4.22. The minimum absolute atomic E-state index is 0.104. The van der Waals surface area contributed by atoms with E-state index in [4.69, 9.17) is 0 Å². The molecule has 0 amide bonds. The first-order valence-electron chi connectivity index (χ1n) is 3.61. The Kier molecular flexibility index (Phi) is 2.85. The van der Waals surface area contributed by atoms with Gasteiger partial charge in [-0.3, -0.25) is 4.79 Å². The van der Waals surface area contributed by atoms with Crippen molar-refractivity contribution in [3.63, 3.8) is 0 Å². The Morgan fingerprint density at radius 3 is 2.13 bits per heavy atom. The zero-order chi connectivity index (χ0) is 11.8. The molecular formula is C8H5F3O3S. The number of carbonyl (C=O) groups excluding carboxylic acids is 1. The standard InChI is InChI=1S/C8H5F3O3S/c1-15(13,14)8-5(9)2-4(3-12)6(10)7(8)11/h2-3H,1H3. The summed E-state index contributed by atoms with van der Waals surface area (Å²) in [5.41, 5.74) is -0.864. The molecule has 1 aromatic carbocycles. The van der Waals surface area contributed by atoms with Crippen LogP contribution in [0.5, 0.6) is 0 Å². The van der Waals surface area contributed by atoms with E-state index in [9.17, 15) is 26.4 Å². The summed E-state index contributed by atoms with van der Waals surface area (Å²) in [6, 6.07) is 0.335. The second kappa shape index (κ2) is 3.65. The van der Waals surface area contributed by atoms with E-state index in [1.807, 2.05) is 0 Å². The molecule has 0 saturated carbocycles. The smallest absolute Gasteiger partial charge is 0.181 e. The van der Waals surface area contributed by atoms with E-state index in [1.165, 1.54) is 0 Å². The molecule has 0 bridgehead atoms. The van der Waals surface area contributed by atoms with Crippen LogP contribution in [0.4, 0.5) is 13.2 Å². The fraction of sp³-hybridized carbons (Fsp3) is 0.125. The highest BCUT2D eigenvalue weighted by Gasteiger charge is 2.25. The van der Waals surface area contributed by atoms with Crippen molar-refractivity contribution in [2.24, 2.45) is 0 Å². The van der Waals surface area contributed by atoms with Gasteiger partial charge in [0, 0.05) is 6.26 Å². The zero-order valence-corrected chi connectivity index (χ0v) is 8.24. The predicted octanol–water partition coefficient (Wildman–Crippen LogP) is 1.32. The average molecular weight is 238 g/mol. The molecular weight excluding hydrogens is 233 g/mol. The van der Waals surface area contributed by atoms with Crippen molar-refractivity contribution in [1.29, 1.82) is 0 Å². The van der Waals surface area contributed by atoms with Gasteiger partial charge in [-0.1, -0.05) is 0 Å². The molecule has 0 N–H and O–H groups in total. The van der Waals surface area contributed by atoms with E-state index in [0.717, 1.165) is 0 Å². The van der Waals surface area contributed by atoms with E-state index in [-0.39, 0.29) is 6.29 Å². The third-order valence-corrected chi connectivity index (χ3v) is 2.76. The molecule has 0 aliphatic rings. The number of halogens is 3. The third kappa shape index (κ3) is 2.01. The summed E-state index contributed by atoms with van der Waals surface area (Å²) in [5.74, 6) is -5.04. The van der Waals surface area contributed by atoms with E-state index >= 15 is 0 Å². The molecule has 0 aromatic heterocycles. The molecule has 1 rings (SSSR count). The van der Waals surface area contributed by atoms with Gasteiger partial charge in [0.1, 0.15) is 10.7 Å². The molecule has 0 atom stereocenters.